The fourth-order valence-corrected chi connectivity index (χ4v) is 3.36. The highest BCUT2D eigenvalue weighted by molar-refractivity contribution is 9.10. The van der Waals surface area contributed by atoms with Crippen molar-refractivity contribution in [3.63, 3.8) is 0 Å². The van der Waals surface area contributed by atoms with E-state index >= 15 is 0 Å². The van der Waals surface area contributed by atoms with Gasteiger partial charge in [0.05, 0.1) is 17.6 Å². The zero-order valence-corrected chi connectivity index (χ0v) is 16.3. The second-order valence-corrected chi connectivity index (χ2v) is 6.81. The summed E-state index contributed by atoms with van der Waals surface area (Å²) in [6, 6.07) is 1.81. The SMILES string of the molecule is CCN1CCN(C)C[C@@H](NC(=O)c2cc(Br)c(NC)nc2OC)C1. The average molecular weight is 400 g/mol. The van der Waals surface area contributed by atoms with E-state index in [1.54, 1.807) is 13.1 Å². The summed E-state index contributed by atoms with van der Waals surface area (Å²) in [7, 11) is 5.37. The lowest BCUT2D eigenvalue weighted by molar-refractivity contribution is 0.0921. The van der Waals surface area contributed by atoms with Crippen LogP contribution in [0.25, 0.3) is 0 Å². The van der Waals surface area contributed by atoms with Crippen LogP contribution in [0.1, 0.15) is 17.3 Å². The largest absolute Gasteiger partial charge is 0.480 e. The third-order valence-electron chi connectivity index (χ3n) is 4.21. The first-order chi connectivity index (χ1) is 11.5. The predicted octanol–water partition coefficient (Wildman–Crippen LogP) is 1.26. The first-order valence-corrected chi connectivity index (χ1v) is 8.91. The summed E-state index contributed by atoms with van der Waals surface area (Å²) >= 11 is 3.43. The third kappa shape index (κ3) is 4.58. The van der Waals surface area contributed by atoms with Crippen LogP contribution in [0.3, 0.4) is 0 Å². The number of methoxy groups -OCH3 is 1. The number of carbonyl (C=O) groups is 1. The Morgan fingerprint density at radius 3 is 2.83 bits per heavy atom. The number of hydrogen-bond acceptors (Lipinski definition) is 6. The van der Waals surface area contributed by atoms with E-state index in [4.69, 9.17) is 4.74 Å². The van der Waals surface area contributed by atoms with Gasteiger partial charge in [0.25, 0.3) is 5.91 Å². The molecule has 0 saturated carbocycles. The first kappa shape index (κ1) is 19.0. The van der Waals surface area contributed by atoms with Gasteiger partial charge in [-0.25, -0.2) is 0 Å². The molecular formula is C16H26BrN5O2. The molecule has 1 saturated heterocycles. The predicted molar refractivity (Wildman–Crippen MR) is 98.9 cm³/mol. The van der Waals surface area contributed by atoms with E-state index in [2.05, 4.69) is 55.3 Å². The second kappa shape index (κ2) is 8.64. The van der Waals surface area contributed by atoms with E-state index in [1.807, 2.05) is 0 Å². The Kier molecular flexibility index (Phi) is 6.82. The molecule has 2 N–H and O–H groups in total. The van der Waals surface area contributed by atoms with Crippen molar-refractivity contribution in [2.75, 3.05) is 59.2 Å². The summed E-state index contributed by atoms with van der Waals surface area (Å²) in [5.74, 6) is 0.781. The average Bonchev–Trinajstić information content (AvgIpc) is 2.75. The minimum Gasteiger partial charge on any atom is -0.480 e. The van der Waals surface area contributed by atoms with Crippen LogP contribution in [0.5, 0.6) is 5.88 Å². The van der Waals surface area contributed by atoms with Crippen molar-refractivity contribution in [1.82, 2.24) is 20.1 Å². The van der Waals surface area contributed by atoms with Crippen molar-refractivity contribution < 1.29 is 9.53 Å². The first-order valence-electron chi connectivity index (χ1n) is 8.12. The molecule has 2 rings (SSSR count). The second-order valence-electron chi connectivity index (χ2n) is 5.95. The molecule has 24 heavy (non-hydrogen) atoms. The van der Waals surface area contributed by atoms with Crippen molar-refractivity contribution in [3.8, 4) is 5.88 Å². The summed E-state index contributed by atoms with van der Waals surface area (Å²) < 4.78 is 6.01. The number of nitrogens with zero attached hydrogens (tertiary/aromatic N) is 3. The van der Waals surface area contributed by atoms with Gasteiger partial charge in [0, 0.05) is 33.2 Å². The van der Waals surface area contributed by atoms with E-state index in [-0.39, 0.29) is 11.9 Å². The molecule has 7 nitrogen and oxygen atoms in total. The highest BCUT2D eigenvalue weighted by Gasteiger charge is 2.24. The van der Waals surface area contributed by atoms with Crippen molar-refractivity contribution in [1.29, 1.82) is 0 Å². The molecule has 1 atom stereocenters. The summed E-state index contributed by atoms with van der Waals surface area (Å²) in [4.78, 5) is 21.7. The smallest absolute Gasteiger partial charge is 0.257 e. The van der Waals surface area contributed by atoms with Crippen LogP contribution in [-0.2, 0) is 0 Å². The van der Waals surface area contributed by atoms with E-state index in [0.29, 0.717) is 17.3 Å². The van der Waals surface area contributed by atoms with Gasteiger partial charge in [-0.3, -0.25) is 4.79 Å². The van der Waals surface area contributed by atoms with Crippen molar-refractivity contribution in [2.24, 2.45) is 0 Å². The number of pyridine rings is 1. The van der Waals surface area contributed by atoms with Crippen molar-refractivity contribution in [3.05, 3.63) is 16.1 Å². The van der Waals surface area contributed by atoms with Crippen LogP contribution in [0.15, 0.2) is 10.5 Å². The number of ether oxygens (including phenoxy) is 1. The van der Waals surface area contributed by atoms with Gasteiger partial charge in [0.15, 0.2) is 0 Å². The highest BCUT2D eigenvalue weighted by atomic mass is 79.9. The number of amides is 1. The maximum Gasteiger partial charge on any atom is 0.257 e. The lowest BCUT2D eigenvalue weighted by atomic mass is 10.2. The molecule has 1 fully saturated rings. The minimum absolute atomic E-state index is 0.0670. The summed E-state index contributed by atoms with van der Waals surface area (Å²) in [6.07, 6.45) is 0. The van der Waals surface area contributed by atoms with Crippen LogP contribution in [0.4, 0.5) is 5.82 Å². The Balaban J connectivity index is 2.17. The lowest BCUT2D eigenvalue weighted by Gasteiger charge is -2.24. The molecule has 134 valence electrons. The molecule has 0 radical (unpaired) electrons. The quantitative estimate of drug-likeness (QED) is 0.776. The number of nitrogens with one attached hydrogen (secondary N) is 2. The summed E-state index contributed by atoms with van der Waals surface area (Å²) in [6.45, 7) is 6.82. The topological polar surface area (TPSA) is 69.7 Å². The fraction of sp³-hybridized carbons (Fsp3) is 0.625. The molecule has 0 unspecified atom stereocenters. The molecule has 2 heterocycles. The zero-order valence-electron chi connectivity index (χ0n) is 14.7. The Bertz CT molecular complexity index is 584. The molecule has 8 heteroatoms. The van der Waals surface area contributed by atoms with Crippen LogP contribution < -0.4 is 15.4 Å². The third-order valence-corrected chi connectivity index (χ3v) is 4.81. The molecule has 1 aliphatic rings. The lowest BCUT2D eigenvalue weighted by Crippen LogP contribution is -2.46. The molecule has 0 spiro atoms. The van der Waals surface area contributed by atoms with Crippen molar-refractivity contribution in [2.45, 2.75) is 13.0 Å². The maximum atomic E-state index is 12.7. The van der Waals surface area contributed by atoms with Gasteiger partial charge in [0.2, 0.25) is 5.88 Å². The van der Waals surface area contributed by atoms with Gasteiger partial charge < -0.3 is 25.2 Å². The molecule has 1 amide bonds. The molecule has 1 aromatic rings. The number of halogens is 1. The summed E-state index contributed by atoms with van der Waals surface area (Å²) in [5, 5.41) is 6.09. The number of hydrogen-bond donors (Lipinski definition) is 2. The monoisotopic (exact) mass is 399 g/mol. The summed E-state index contributed by atoms with van der Waals surface area (Å²) in [5.41, 5.74) is 0.429. The van der Waals surface area contributed by atoms with Crippen molar-refractivity contribution >= 4 is 27.7 Å². The van der Waals surface area contributed by atoms with Crippen LogP contribution >= 0.6 is 15.9 Å². The Morgan fingerprint density at radius 1 is 1.46 bits per heavy atom. The Morgan fingerprint density at radius 2 is 2.21 bits per heavy atom. The van der Waals surface area contributed by atoms with Gasteiger partial charge >= 0.3 is 0 Å². The maximum absolute atomic E-state index is 12.7. The normalized spacial score (nSPS) is 19.6. The Labute approximate surface area is 151 Å². The van der Waals surface area contributed by atoms with Gasteiger partial charge in [-0.2, -0.15) is 4.98 Å². The molecule has 0 bridgehead atoms. The number of carbonyl (C=O) groups excluding carboxylic acids is 1. The molecule has 1 aromatic heterocycles. The molecule has 0 aliphatic carbocycles. The molecule has 0 aromatic carbocycles. The molecule has 1 aliphatic heterocycles. The zero-order chi connectivity index (χ0) is 17.7. The van der Waals surface area contributed by atoms with E-state index < -0.39 is 0 Å². The minimum atomic E-state index is -0.168. The van der Waals surface area contributed by atoms with E-state index in [1.165, 1.54) is 7.11 Å². The van der Waals surface area contributed by atoms with E-state index in [9.17, 15) is 4.79 Å². The van der Waals surface area contributed by atoms with Crippen LogP contribution in [-0.4, -0.2) is 80.7 Å². The number of rotatable bonds is 5. The highest BCUT2D eigenvalue weighted by Crippen LogP contribution is 2.27. The Hall–Kier alpha value is -1.38. The molecular weight excluding hydrogens is 374 g/mol. The van der Waals surface area contributed by atoms with Crippen LogP contribution in [0.2, 0.25) is 0 Å². The van der Waals surface area contributed by atoms with E-state index in [0.717, 1.165) is 37.2 Å². The van der Waals surface area contributed by atoms with Gasteiger partial charge in [-0.05, 0) is 35.6 Å². The number of likely N-dealkylation sites (N-methyl/N-ethyl adjacent to an activating group) is 2. The van der Waals surface area contributed by atoms with Crippen LogP contribution in [0, 0.1) is 0 Å². The number of aromatic nitrogens is 1. The standard InChI is InChI=1S/C16H26BrN5O2/c1-5-22-7-6-21(3)9-11(10-22)19-15(23)12-8-13(17)14(18-2)20-16(12)24-4/h8,11H,5-7,9-10H2,1-4H3,(H,18,20)(H,19,23)/t11-/m1/s1. The van der Waals surface area contributed by atoms with Gasteiger partial charge in [0.1, 0.15) is 11.4 Å². The van der Waals surface area contributed by atoms with Gasteiger partial charge in [-0.1, -0.05) is 6.92 Å². The number of anilines is 1. The fourth-order valence-electron chi connectivity index (χ4n) is 2.85. The van der Waals surface area contributed by atoms with Gasteiger partial charge in [-0.15, -0.1) is 0 Å².